The van der Waals surface area contributed by atoms with Crippen LogP contribution in [-0.4, -0.2) is 47.6 Å². The minimum Gasteiger partial charge on any atom is -0.463 e. The highest BCUT2D eigenvalue weighted by atomic mass is 16.8. The van der Waals surface area contributed by atoms with Gasteiger partial charge in [0, 0.05) is 24.7 Å². The highest BCUT2D eigenvalue weighted by Gasteiger charge is 2.86. The number of hydrogen-bond donors (Lipinski definition) is 0. The molecule has 8 aliphatic rings. The fourth-order valence-corrected chi connectivity index (χ4v) is 11.9. The second-order valence-corrected chi connectivity index (χ2v) is 15.1. The van der Waals surface area contributed by atoms with Crippen LogP contribution in [0.4, 0.5) is 0 Å². The van der Waals surface area contributed by atoms with Crippen LogP contribution in [0.5, 0.6) is 0 Å². The molecule has 0 amide bonds. The van der Waals surface area contributed by atoms with E-state index in [1.54, 1.807) is 6.92 Å². The van der Waals surface area contributed by atoms with E-state index in [1.807, 2.05) is 0 Å². The van der Waals surface area contributed by atoms with Gasteiger partial charge in [-0.05, 0) is 101 Å². The van der Waals surface area contributed by atoms with Crippen LogP contribution in [0.2, 0.25) is 0 Å². The van der Waals surface area contributed by atoms with Crippen LogP contribution in [-0.2, 0) is 28.5 Å². The second kappa shape index (κ2) is 6.71. The van der Waals surface area contributed by atoms with Gasteiger partial charge in [-0.1, -0.05) is 13.8 Å². The predicted octanol–water partition coefficient (Wildman–Crippen LogP) is 5.22. The molecule has 0 aromatic rings. The number of rotatable bonds is 1. The molecule has 8 fully saturated rings. The van der Waals surface area contributed by atoms with E-state index in [9.17, 15) is 4.79 Å². The van der Waals surface area contributed by atoms with Crippen molar-refractivity contribution in [1.82, 2.24) is 0 Å². The van der Waals surface area contributed by atoms with Crippen molar-refractivity contribution in [3.05, 3.63) is 0 Å². The minimum atomic E-state index is -0.649. The molecule has 0 radical (unpaired) electrons. The van der Waals surface area contributed by atoms with E-state index in [0.717, 1.165) is 38.5 Å². The van der Waals surface area contributed by atoms with E-state index in [-0.39, 0.29) is 47.0 Å². The van der Waals surface area contributed by atoms with Crippen molar-refractivity contribution in [2.45, 2.75) is 135 Å². The second-order valence-electron chi connectivity index (χ2n) is 15.1. The molecule has 0 N–H and O–H groups in total. The molecular weight excluding hydrogens is 456 g/mol. The average molecular weight is 501 g/mol. The van der Waals surface area contributed by atoms with Crippen molar-refractivity contribution in [2.75, 3.05) is 0 Å². The lowest BCUT2D eigenvalue weighted by Crippen LogP contribution is -2.59. The van der Waals surface area contributed by atoms with E-state index in [2.05, 4.69) is 34.6 Å². The molecule has 2 bridgehead atoms. The quantitative estimate of drug-likeness (QED) is 0.460. The molecule has 14 atom stereocenters. The molecule has 4 heterocycles. The summed E-state index contributed by atoms with van der Waals surface area (Å²) in [6, 6.07) is 0. The van der Waals surface area contributed by atoms with E-state index in [0.29, 0.717) is 35.5 Å². The molecule has 36 heavy (non-hydrogen) atoms. The van der Waals surface area contributed by atoms with Crippen LogP contribution in [0.15, 0.2) is 0 Å². The van der Waals surface area contributed by atoms with Crippen LogP contribution in [0.3, 0.4) is 0 Å². The van der Waals surface area contributed by atoms with E-state index in [1.165, 1.54) is 12.8 Å². The Morgan fingerprint density at radius 3 is 2.50 bits per heavy atom. The molecule has 4 saturated heterocycles. The maximum absolute atomic E-state index is 11.6. The standard InChI is InChI=1S/C30H44O6/c1-15-13-30(36-26(15,3)4)28(6)24-21(34-30)12-20-19-8-7-17-11-18(32-16(2)31)9-10-27(17,5)23(19)22-14-29(20,24)25(33-22)35-28/h15,17-25H,7-14H2,1-6H3/t15?,17-,18+,19-,20-,21-,22-,23+,24+,25+,27-,28+,29+,30?/m0/s1. The lowest BCUT2D eigenvalue weighted by Gasteiger charge is -2.60. The molecule has 4 aliphatic carbocycles. The summed E-state index contributed by atoms with van der Waals surface area (Å²) >= 11 is 0. The zero-order valence-corrected chi connectivity index (χ0v) is 22.9. The number of esters is 1. The summed E-state index contributed by atoms with van der Waals surface area (Å²) in [6.45, 7) is 13.1. The number of fused-ring (bicyclic) bond motifs is 7. The fraction of sp³-hybridized carbons (Fsp3) is 0.967. The SMILES string of the molecule is CC(=O)O[C@@H]1CC[C@@]2(C)[C@@H](CC[C@@H]3[C@@H]2[C@@H]2C[C@]45[C@H](O2)O[C@]2(C)[C@H]4[C@H](C[C@@H]35)OC23CC(C)C(C)(C)O3)C1. The zero-order chi connectivity index (χ0) is 25.0. The van der Waals surface area contributed by atoms with Crippen molar-refractivity contribution in [2.24, 2.45) is 46.3 Å². The molecule has 8 rings (SSSR count). The third kappa shape index (κ3) is 2.44. The van der Waals surface area contributed by atoms with Gasteiger partial charge in [0.15, 0.2) is 12.1 Å². The number of ether oxygens (including phenoxy) is 5. The van der Waals surface area contributed by atoms with Crippen LogP contribution < -0.4 is 0 Å². The number of carbonyl (C=O) groups excluding carboxylic acids is 1. The van der Waals surface area contributed by atoms with Crippen LogP contribution in [0, 0.1) is 46.3 Å². The minimum absolute atomic E-state index is 0.0756. The molecule has 4 saturated carbocycles. The smallest absolute Gasteiger partial charge is 0.302 e. The molecule has 6 heteroatoms. The van der Waals surface area contributed by atoms with Gasteiger partial charge in [0.2, 0.25) is 0 Å². The average Bonchev–Trinajstić information content (AvgIpc) is 3.46. The van der Waals surface area contributed by atoms with Gasteiger partial charge >= 0.3 is 5.97 Å². The van der Waals surface area contributed by atoms with E-state index >= 15 is 0 Å². The summed E-state index contributed by atoms with van der Waals surface area (Å²) in [5.74, 6) is 2.46. The molecule has 2 spiro atoms. The van der Waals surface area contributed by atoms with Crippen molar-refractivity contribution >= 4 is 5.97 Å². The van der Waals surface area contributed by atoms with Crippen molar-refractivity contribution in [1.29, 1.82) is 0 Å². The van der Waals surface area contributed by atoms with Gasteiger partial charge in [-0.25, -0.2) is 0 Å². The Labute approximate surface area is 215 Å². The van der Waals surface area contributed by atoms with Crippen molar-refractivity contribution in [3.63, 3.8) is 0 Å². The molecule has 0 aromatic carbocycles. The predicted molar refractivity (Wildman–Crippen MR) is 131 cm³/mol. The number of carbonyl (C=O) groups is 1. The van der Waals surface area contributed by atoms with Gasteiger partial charge in [0.25, 0.3) is 0 Å². The van der Waals surface area contributed by atoms with Crippen LogP contribution in [0.1, 0.15) is 92.9 Å². The summed E-state index contributed by atoms with van der Waals surface area (Å²) in [5.41, 5.74) is -0.327. The lowest BCUT2D eigenvalue weighted by molar-refractivity contribution is -0.319. The van der Waals surface area contributed by atoms with Crippen LogP contribution >= 0.6 is 0 Å². The van der Waals surface area contributed by atoms with Gasteiger partial charge < -0.3 is 23.7 Å². The summed E-state index contributed by atoms with van der Waals surface area (Å²) in [7, 11) is 0. The largest absolute Gasteiger partial charge is 0.463 e. The molecular formula is C30H44O6. The Kier molecular flexibility index (Phi) is 4.33. The first-order valence-corrected chi connectivity index (χ1v) is 14.8. The van der Waals surface area contributed by atoms with Gasteiger partial charge in [-0.3, -0.25) is 4.79 Å². The highest BCUT2D eigenvalue weighted by Crippen LogP contribution is 2.80. The normalized spacial score (nSPS) is 63.3. The third-order valence-electron chi connectivity index (χ3n) is 13.5. The van der Waals surface area contributed by atoms with Crippen molar-refractivity contribution < 1.29 is 28.5 Å². The van der Waals surface area contributed by atoms with Gasteiger partial charge in [-0.15, -0.1) is 0 Å². The van der Waals surface area contributed by atoms with Gasteiger partial charge in [0.1, 0.15) is 11.7 Å². The summed E-state index contributed by atoms with van der Waals surface area (Å²) in [6.07, 6.45) is 9.23. The Morgan fingerprint density at radius 2 is 1.78 bits per heavy atom. The third-order valence-corrected chi connectivity index (χ3v) is 13.5. The van der Waals surface area contributed by atoms with Crippen molar-refractivity contribution in [3.8, 4) is 0 Å². The zero-order valence-electron chi connectivity index (χ0n) is 22.9. The summed E-state index contributed by atoms with van der Waals surface area (Å²) in [4.78, 5) is 11.6. The Morgan fingerprint density at radius 1 is 0.972 bits per heavy atom. The Bertz CT molecular complexity index is 1010. The van der Waals surface area contributed by atoms with Gasteiger partial charge in [-0.2, -0.15) is 0 Å². The first-order valence-electron chi connectivity index (χ1n) is 14.8. The van der Waals surface area contributed by atoms with E-state index in [4.69, 9.17) is 23.7 Å². The molecule has 200 valence electrons. The maximum atomic E-state index is 11.6. The summed E-state index contributed by atoms with van der Waals surface area (Å²) < 4.78 is 33.7. The van der Waals surface area contributed by atoms with Gasteiger partial charge in [0.05, 0.1) is 17.8 Å². The topological polar surface area (TPSA) is 63.2 Å². The molecule has 0 aromatic heterocycles. The fourth-order valence-electron chi connectivity index (χ4n) is 11.9. The molecule has 4 aliphatic heterocycles. The summed E-state index contributed by atoms with van der Waals surface area (Å²) in [5, 5.41) is 0. The number of hydrogen-bond acceptors (Lipinski definition) is 6. The molecule has 6 nitrogen and oxygen atoms in total. The monoisotopic (exact) mass is 500 g/mol. The Balaban J connectivity index is 1.13. The Hall–Kier alpha value is -0.690. The molecule has 2 unspecified atom stereocenters. The van der Waals surface area contributed by atoms with E-state index < -0.39 is 11.4 Å². The highest BCUT2D eigenvalue weighted by molar-refractivity contribution is 5.66. The maximum Gasteiger partial charge on any atom is 0.302 e. The first kappa shape index (κ1) is 23.2. The van der Waals surface area contributed by atoms with Crippen LogP contribution in [0.25, 0.3) is 0 Å². The lowest BCUT2D eigenvalue weighted by atomic mass is 9.44. The first-order chi connectivity index (χ1) is 16.9.